The van der Waals surface area contributed by atoms with Crippen LogP contribution in [0.1, 0.15) is 11.1 Å². The highest BCUT2D eigenvalue weighted by molar-refractivity contribution is 6.34. The zero-order chi connectivity index (χ0) is 19.9. The number of alkyl halides is 3. The molecule has 2 rings (SSSR count). The second-order valence-corrected chi connectivity index (χ2v) is 6.42. The van der Waals surface area contributed by atoms with Crippen molar-refractivity contribution in [2.75, 3.05) is 31.5 Å². The standard InChI is InChI=1S/C19H21ClF3N3O.ClH/c20-16-8-4-7-15(19(21,22)23)18(16)25-17(27)13-26(12-10-24)11-9-14-5-2-1-3-6-14;/h1-8H,9-13,24H2,(H,25,27);1H. The Morgan fingerprint density at radius 3 is 2.36 bits per heavy atom. The molecule has 0 fully saturated rings. The van der Waals surface area contributed by atoms with Gasteiger partial charge in [0, 0.05) is 19.6 Å². The quantitative estimate of drug-likeness (QED) is 0.652. The van der Waals surface area contributed by atoms with Gasteiger partial charge in [-0.2, -0.15) is 13.2 Å². The first-order valence-corrected chi connectivity index (χ1v) is 8.81. The van der Waals surface area contributed by atoms with Crippen LogP contribution in [-0.2, 0) is 17.4 Å². The first-order chi connectivity index (χ1) is 12.8. The summed E-state index contributed by atoms with van der Waals surface area (Å²) in [6.07, 6.45) is -3.91. The molecule has 28 heavy (non-hydrogen) atoms. The number of hydrogen-bond donors (Lipinski definition) is 2. The van der Waals surface area contributed by atoms with Gasteiger partial charge >= 0.3 is 6.18 Å². The van der Waals surface area contributed by atoms with Crippen molar-refractivity contribution in [3.8, 4) is 0 Å². The van der Waals surface area contributed by atoms with Crippen molar-refractivity contribution < 1.29 is 18.0 Å². The minimum absolute atomic E-state index is 0. The van der Waals surface area contributed by atoms with Crippen LogP contribution in [0.25, 0.3) is 0 Å². The lowest BCUT2D eigenvalue weighted by Crippen LogP contribution is -2.38. The molecule has 0 saturated carbocycles. The van der Waals surface area contributed by atoms with E-state index in [-0.39, 0.29) is 24.0 Å². The molecule has 0 radical (unpaired) electrons. The van der Waals surface area contributed by atoms with Crippen molar-refractivity contribution in [1.29, 1.82) is 0 Å². The van der Waals surface area contributed by atoms with E-state index in [9.17, 15) is 18.0 Å². The Labute approximate surface area is 173 Å². The second kappa shape index (κ2) is 11.3. The highest BCUT2D eigenvalue weighted by Gasteiger charge is 2.34. The molecule has 0 aliphatic rings. The zero-order valence-electron chi connectivity index (χ0n) is 15.0. The van der Waals surface area contributed by atoms with E-state index in [1.807, 2.05) is 30.3 Å². The van der Waals surface area contributed by atoms with Gasteiger partial charge in [-0.3, -0.25) is 9.69 Å². The van der Waals surface area contributed by atoms with Crippen LogP contribution in [0.2, 0.25) is 5.02 Å². The fourth-order valence-electron chi connectivity index (χ4n) is 2.65. The monoisotopic (exact) mass is 435 g/mol. The SMILES string of the molecule is Cl.NCCN(CCc1ccccc1)CC(=O)Nc1c(Cl)cccc1C(F)(F)F. The highest BCUT2D eigenvalue weighted by atomic mass is 35.5. The number of rotatable bonds is 8. The summed E-state index contributed by atoms with van der Waals surface area (Å²) in [6, 6.07) is 13.1. The predicted molar refractivity (Wildman–Crippen MR) is 108 cm³/mol. The molecule has 0 heterocycles. The molecule has 0 aliphatic carbocycles. The van der Waals surface area contributed by atoms with Crippen LogP contribution in [0.4, 0.5) is 18.9 Å². The second-order valence-electron chi connectivity index (χ2n) is 6.01. The molecule has 0 atom stereocenters. The fraction of sp³-hybridized carbons (Fsp3) is 0.316. The number of hydrogen-bond acceptors (Lipinski definition) is 3. The molecule has 9 heteroatoms. The molecule has 3 N–H and O–H groups in total. The number of para-hydroxylation sites is 1. The summed E-state index contributed by atoms with van der Waals surface area (Å²) in [6.45, 7) is 1.27. The summed E-state index contributed by atoms with van der Waals surface area (Å²) < 4.78 is 39.4. The first kappa shape index (κ1) is 24.2. The molecule has 4 nitrogen and oxygen atoms in total. The number of amides is 1. The Morgan fingerprint density at radius 1 is 1.07 bits per heavy atom. The Bertz CT molecular complexity index is 758. The number of benzene rings is 2. The molecular weight excluding hydrogens is 414 g/mol. The maximum atomic E-state index is 13.1. The van der Waals surface area contributed by atoms with E-state index in [1.54, 1.807) is 4.90 Å². The fourth-order valence-corrected chi connectivity index (χ4v) is 2.88. The average molecular weight is 436 g/mol. The number of nitrogens with zero attached hydrogens (tertiary/aromatic N) is 1. The lowest BCUT2D eigenvalue weighted by atomic mass is 10.1. The number of anilines is 1. The Balaban J connectivity index is 0.00000392. The number of halogens is 5. The van der Waals surface area contributed by atoms with E-state index in [4.69, 9.17) is 17.3 Å². The number of carbonyl (C=O) groups is 1. The molecule has 0 aromatic heterocycles. The van der Waals surface area contributed by atoms with E-state index in [1.165, 1.54) is 12.1 Å². The van der Waals surface area contributed by atoms with Crippen molar-refractivity contribution in [2.45, 2.75) is 12.6 Å². The molecule has 1 amide bonds. The maximum absolute atomic E-state index is 13.1. The van der Waals surface area contributed by atoms with Crippen molar-refractivity contribution in [1.82, 2.24) is 4.90 Å². The maximum Gasteiger partial charge on any atom is 0.418 e. The van der Waals surface area contributed by atoms with E-state index < -0.39 is 23.3 Å². The Kier molecular flexibility index (Phi) is 9.75. The molecule has 2 aromatic rings. The molecular formula is C19H22Cl2F3N3O. The van der Waals surface area contributed by atoms with Crippen LogP contribution in [0, 0.1) is 0 Å². The van der Waals surface area contributed by atoms with Crippen molar-refractivity contribution in [3.63, 3.8) is 0 Å². The third kappa shape index (κ3) is 7.31. The molecule has 0 spiro atoms. The number of nitrogens with one attached hydrogen (secondary N) is 1. The van der Waals surface area contributed by atoms with Crippen molar-refractivity contribution >= 4 is 35.6 Å². The molecule has 154 valence electrons. The first-order valence-electron chi connectivity index (χ1n) is 8.43. The smallest absolute Gasteiger partial charge is 0.329 e. The van der Waals surface area contributed by atoms with Crippen molar-refractivity contribution in [2.24, 2.45) is 5.73 Å². The van der Waals surface area contributed by atoms with Gasteiger partial charge in [0.1, 0.15) is 0 Å². The minimum Gasteiger partial charge on any atom is -0.329 e. The topological polar surface area (TPSA) is 58.4 Å². The summed E-state index contributed by atoms with van der Waals surface area (Å²) in [5.74, 6) is -0.574. The average Bonchev–Trinajstić information content (AvgIpc) is 2.61. The van der Waals surface area contributed by atoms with Crippen LogP contribution < -0.4 is 11.1 Å². The summed E-state index contributed by atoms with van der Waals surface area (Å²) in [7, 11) is 0. The van der Waals surface area contributed by atoms with Crippen LogP contribution in [0.3, 0.4) is 0 Å². The molecule has 0 unspecified atom stereocenters. The Hall–Kier alpha value is -1.80. The van der Waals surface area contributed by atoms with Crippen LogP contribution >= 0.6 is 24.0 Å². The van der Waals surface area contributed by atoms with Gasteiger partial charge in [-0.05, 0) is 24.1 Å². The highest BCUT2D eigenvalue weighted by Crippen LogP contribution is 2.38. The van der Waals surface area contributed by atoms with E-state index in [0.29, 0.717) is 26.1 Å². The summed E-state index contributed by atoms with van der Waals surface area (Å²) >= 11 is 5.87. The van der Waals surface area contributed by atoms with Gasteiger partial charge in [0.2, 0.25) is 5.91 Å². The summed E-state index contributed by atoms with van der Waals surface area (Å²) in [5.41, 5.74) is 5.29. The lowest BCUT2D eigenvalue weighted by molar-refractivity contribution is -0.137. The summed E-state index contributed by atoms with van der Waals surface area (Å²) in [5, 5.41) is 2.14. The van der Waals surface area contributed by atoms with E-state index in [0.717, 1.165) is 11.6 Å². The minimum atomic E-state index is -4.61. The van der Waals surface area contributed by atoms with Gasteiger partial charge < -0.3 is 11.1 Å². The van der Waals surface area contributed by atoms with Crippen molar-refractivity contribution in [3.05, 3.63) is 64.7 Å². The van der Waals surface area contributed by atoms with Crippen LogP contribution in [0.15, 0.2) is 48.5 Å². The molecule has 0 bridgehead atoms. The molecule has 0 saturated heterocycles. The number of carbonyl (C=O) groups excluding carboxylic acids is 1. The molecule has 0 aliphatic heterocycles. The normalized spacial score (nSPS) is 11.2. The van der Waals surface area contributed by atoms with Crippen LogP contribution in [0.5, 0.6) is 0 Å². The predicted octanol–water partition coefficient (Wildman–Crippen LogP) is 4.22. The van der Waals surface area contributed by atoms with Gasteiger partial charge in [0.25, 0.3) is 0 Å². The third-order valence-electron chi connectivity index (χ3n) is 3.96. The van der Waals surface area contributed by atoms with Gasteiger partial charge in [0.05, 0.1) is 22.8 Å². The van der Waals surface area contributed by atoms with Gasteiger partial charge in [-0.25, -0.2) is 0 Å². The third-order valence-corrected chi connectivity index (χ3v) is 4.27. The van der Waals surface area contributed by atoms with E-state index >= 15 is 0 Å². The molecule has 2 aromatic carbocycles. The van der Waals surface area contributed by atoms with Gasteiger partial charge in [-0.15, -0.1) is 12.4 Å². The van der Waals surface area contributed by atoms with Gasteiger partial charge in [0.15, 0.2) is 0 Å². The van der Waals surface area contributed by atoms with Crippen LogP contribution in [-0.4, -0.2) is 37.0 Å². The van der Waals surface area contributed by atoms with E-state index in [2.05, 4.69) is 5.32 Å². The number of nitrogens with two attached hydrogens (primary N) is 1. The summed E-state index contributed by atoms with van der Waals surface area (Å²) in [4.78, 5) is 14.1. The van der Waals surface area contributed by atoms with Gasteiger partial charge in [-0.1, -0.05) is 48.0 Å². The largest absolute Gasteiger partial charge is 0.418 e. The lowest BCUT2D eigenvalue weighted by Gasteiger charge is -2.22. The Morgan fingerprint density at radius 2 is 1.75 bits per heavy atom. The zero-order valence-corrected chi connectivity index (χ0v) is 16.6.